The second-order valence-electron chi connectivity index (χ2n) is 5.92. The number of carbonyl (C=O) groups excluding carboxylic acids is 1. The number of aromatic nitrogens is 2. The zero-order chi connectivity index (χ0) is 17.1. The summed E-state index contributed by atoms with van der Waals surface area (Å²) in [6.07, 6.45) is 0.436. The lowest BCUT2D eigenvalue weighted by Gasteiger charge is -2.14. The molecule has 7 heteroatoms. The number of benzene rings is 1. The number of amides is 1. The molecule has 2 atom stereocenters. The third-order valence-corrected chi connectivity index (χ3v) is 4.38. The zero-order valence-corrected chi connectivity index (χ0v) is 14.2. The number of hydrogen-bond donors (Lipinski definition) is 2. The molecule has 1 amide bonds. The predicted molar refractivity (Wildman–Crippen MR) is 91.9 cm³/mol. The first-order chi connectivity index (χ1) is 11.6. The Bertz CT molecular complexity index is 714. The molecule has 1 saturated heterocycles. The van der Waals surface area contributed by atoms with Crippen LogP contribution in [0.5, 0.6) is 0 Å². The molecule has 1 aliphatic heterocycles. The van der Waals surface area contributed by atoms with Gasteiger partial charge in [0.15, 0.2) is 0 Å². The maximum absolute atomic E-state index is 12.4. The maximum Gasteiger partial charge on any atom is 0.254 e. The van der Waals surface area contributed by atoms with Gasteiger partial charge in [0.05, 0.1) is 18.8 Å². The SMILES string of the molecule is CC1CCOC1C(=O)Nc1cc(-c2ccc(Cl)cc2)nn1CCO. The lowest BCUT2D eigenvalue weighted by molar-refractivity contribution is -0.126. The number of carbonyl (C=O) groups is 1. The molecule has 0 bridgehead atoms. The minimum atomic E-state index is -0.443. The van der Waals surface area contributed by atoms with Crippen LogP contribution < -0.4 is 5.32 Å². The third-order valence-electron chi connectivity index (χ3n) is 4.13. The number of anilines is 1. The van der Waals surface area contributed by atoms with Gasteiger partial charge < -0.3 is 15.2 Å². The first-order valence-corrected chi connectivity index (χ1v) is 8.33. The van der Waals surface area contributed by atoms with E-state index >= 15 is 0 Å². The molecule has 2 heterocycles. The number of hydrogen-bond acceptors (Lipinski definition) is 4. The summed E-state index contributed by atoms with van der Waals surface area (Å²) in [5, 5.41) is 17.2. The highest BCUT2D eigenvalue weighted by atomic mass is 35.5. The molecule has 1 aromatic heterocycles. The average Bonchev–Trinajstić information content (AvgIpc) is 3.15. The van der Waals surface area contributed by atoms with Gasteiger partial charge in [0.25, 0.3) is 5.91 Å². The van der Waals surface area contributed by atoms with Crippen LogP contribution in [0.1, 0.15) is 13.3 Å². The van der Waals surface area contributed by atoms with Crippen LogP contribution >= 0.6 is 11.6 Å². The van der Waals surface area contributed by atoms with Gasteiger partial charge >= 0.3 is 0 Å². The Morgan fingerprint density at radius 2 is 2.21 bits per heavy atom. The highest BCUT2D eigenvalue weighted by molar-refractivity contribution is 6.30. The quantitative estimate of drug-likeness (QED) is 0.869. The Kier molecular flexibility index (Phi) is 5.18. The second kappa shape index (κ2) is 7.34. The van der Waals surface area contributed by atoms with Gasteiger partial charge in [-0.25, -0.2) is 4.68 Å². The Morgan fingerprint density at radius 1 is 1.46 bits per heavy atom. The number of ether oxygens (including phenoxy) is 1. The van der Waals surface area contributed by atoms with Crippen LogP contribution in [0.3, 0.4) is 0 Å². The predicted octanol–water partition coefficient (Wildman–Crippen LogP) is 2.56. The van der Waals surface area contributed by atoms with E-state index < -0.39 is 6.10 Å². The summed E-state index contributed by atoms with van der Waals surface area (Å²) in [5.41, 5.74) is 1.59. The molecule has 0 radical (unpaired) electrons. The van der Waals surface area contributed by atoms with Crippen LogP contribution in [-0.4, -0.2) is 40.1 Å². The van der Waals surface area contributed by atoms with E-state index in [4.69, 9.17) is 16.3 Å². The van der Waals surface area contributed by atoms with Crippen LogP contribution in [0, 0.1) is 5.92 Å². The summed E-state index contributed by atoms with van der Waals surface area (Å²) in [5.74, 6) is 0.554. The minimum absolute atomic E-state index is 0.0685. The fourth-order valence-electron chi connectivity index (χ4n) is 2.77. The molecule has 2 unspecified atom stereocenters. The molecule has 128 valence electrons. The lowest BCUT2D eigenvalue weighted by atomic mass is 10.0. The van der Waals surface area contributed by atoms with Gasteiger partial charge in [0, 0.05) is 23.3 Å². The van der Waals surface area contributed by atoms with Crippen LogP contribution in [0.15, 0.2) is 30.3 Å². The molecule has 1 aliphatic rings. The summed E-state index contributed by atoms with van der Waals surface area (Å²) >= 11 is 5.91. The van der Waals surface area contributed by atoms with Gasteiger partial charge in [-0.1, -0.05) is 30.7 Å². The molecule has 0 aliphatic carbocycles. The molecule has 0 spiro atoms. The van der Waals surface area contributed by atoms with Crippen molar-refractivity contribution in [1.82, 2.24) is 9.78 Å². The first kappa shape index (κ1) is 17.0. The normalized spacial score (nSPS) is 20.3. The van der Waals surface area contributed by atoms with Gasteiger partial charge in [0.1, 0.15) is 11.9 Å². The van der Waals surface area contributed by atoms with Gasteiger partial charge in [-0.05, 0) is 24.5 Å². The van der Waals surface area contributed by atoms with Crippen molar-refractivity contribution >= 4 is 23.3 Å². The third kappa shape index (κ3) is 3.61. The van der Waals surface area contributed by atoms with E-state index in [2.05, 4.69) is 10.4 Å². The van der Waals surface area contributed by atoms with Crippen LogP contribution in [0.25, 0.3) is 11.3 Å². The van der Waals surface area contributed by atoms with Crippen LogP contribution in [0.2, 0.25) is 5.02 Å². The minimum Gasteiger partial charge on any atom is -0.394 e. The second-order valence-corrected chi connectivity index (χ2v) is 6.35. The summed E-state index contributed by atoms with van der Waals surface area (Å²) in [6.45, 7) is 2.83. The number of nitrogens with zero attached hydrogens (tertiary/aromatic N) is 2. The maximum atomic E-state index is 12.4. The zero-order valence-electron chi connectivity index (χ0n) is 13.4. The number of aliphatic hydroxyl groups excluding tert-OH is 1. The van der Waals surface area contributed by atoms with Gasteiger partial charge in [0.2, 0.25) is 0 Å². The molecular weight excluding hydrogens is 330 g/mol. The Morgan fingerprint density at radius 3 is 2.83 bits per heavy atom. The van der Waals surface area contributed by atoms with Crippen molar-refractivity contribution in [2.75, 3.05) is 18.5 Å². The van der Waals surface area contributed by atoms with Crippen LogP contribution in [0.4, 0.5) is 5.82 Å². The van der Waals surface area contributed by atoms with Gasteiger partial charge in [-0.15, -0.1) is 0 Å². The fourth-order valence-corrected chi connectivity index (χ4v) is 2.90. The lowest BCUT2D eigenvalue weighted by Crippen LogP contribution is -2.32. The van der Waals surface area contributed by atoms with Crippen LogP contribution in [-0.2, 0) is 16.1 Å². The van der Waals surface area contributed by atoms with E-state index in [1.54, 1.807) is 22.9 Å². The molecule has 2 aromatic rings. The molecular formula is C17H20ClN3O3. The summed E-state index contributed by atoms with van der Waals surface area (Å²) < 4.78 is 7.08. The van der Waals surface area contributed by atoms with E-state index in [-0.39, 0.29) is 18.4 Å². The number of nitrogens with one attached hydrogen (secondary N) is 1. The van der Waals surface area contributed by atoms with Crippen molar-refractivity contribution < 1.29 is 14.6 Å². The van der Waals surface area contributed by atoms with Crippen molar-refractivity contribution in [2.45, 2.75) is 26.0 Å². The van der Waals surface area contributed by atoms with Gasteiger partial charge in [-0.2, -0.15) is 5.10 Å². The van der Waals surface area contributed by atoms with Crippen molar-refractivity contribution in [1.29, 1.82) is 0 Å². The average molecular weight is 350 g/mol. The summed E-state index contributed by atoms with van der Waals surface area (Å²) in [6, 6.07) is 9.09. The Balaban J connectivity index is 1.83. The van der Waals surface area contributed by atoms with Crippen molar-refractivity contribution in [3.8, 4) is 11.3 Å². The Hall–Kier alpha value is -1.89. The fraction of sp³-hybridized carbons (Fsp3) is 0.412. The van der Waals surface area contributed by atoms with E-state index in [0.717, 1.165) is 12.0 Å². The summed E-state index contributed by atoms with van der Waals surface area (Å²) in [4.78, 5) is 12.4. The van der Waals surface area contributed by atoms with Crippen molar-refractivity contribution in [2.24, 2.45) is 5.92 Å². The number of rotatable bonds is 5. The molecule has 1 aromatic carbocycles. The topological polar surface area (TPSA) is 76.4 Å². The molecule has 24 heavy (non-hydrogen) atoms. The van der Waals surface area contributed by atoms with E-state index in [1.807, 2.05) is 19.1 Å². The summed E-state index contributed by atoms with van der Waals surface area (Å²) in [7, 11) is 0. The Labute approximate surface area is 145 Å². The molecule has 0 saturated carbocycles. The monoisotopic (exact) mass is 349 g/mol. The first-order valence-electron chi connectivity index (χ1n) is 7.95. The van der Waals surface area contributed by atoms with E-state index in [1.165, 1.54) is 0 Å². The molecule has 3 rings (SSSR count). The van der Waals surface area contributed by atoms with Crippen molar-refractivity contribution in [3.05, 3.63) is 35.4 Å². The highest BCUT2D eigenvalue weighted by Crippen LogP contribution is 2.25. The largest absolute Gasteiger partial charge is 0.394 e. The molecule has 1 fully saturated rings. The molecule has 2 N–H and O–H groups in total. The van der Waals surface area contributed by atoms with Gasteiger partial charge in [-0.3, -0.25) is 4.79 Å². The van der Waals surface area contributed by atoms with E-state index in [0.29, 0.717) is 29.7 Å². The standard InChI is InChI=1S/C17H20ClN3O3/c1-11-6-9-24-16(11)17(23)19-15-10-14(20-21(15)7-8-22)12-2-4-13(18)5-3-12/h2-5,10-11,16,22H,6-9H2,1H3,(H,19,23). The van der Waals surface area contributed by atoms with Crippen molar-refractivity contribution in [3.63, 3.8) is 0 Å². The van der Waals surface area contributed by atoms with E-state index in [9.17, 15) is 9.90 Å². The molecule has 6 nitrogen and oxygen atoms in total. The number of aliphatic hydroxyl groups is 1. The highest BCUT2D eigenvalue weighted by Gasteiger charge is 2.31. The number of halogens is 1. The smallest absolute Gasteiger partial charge is 0.254 e.